The summed E-state index contributed by atoms with van der Waals surface area (Å²) in [4.78, 5) is 0. The third-order valence-electron chi connectivity index (χ3n) is 1.78. The molecule has 5 heteroatoms. The largest absolute Gasteiger partial charge is 0.327 e. The molecule has 0 fully saturated rings. The van der Waals surface area contributed by atoms with Crippen molar-refractivity contribution in [2.24, 2.45) is 11.7 Å². The Bertz CT molecular complexity index is 262. The summed E-state index contributed by atoms with van der Waals surface area (Å²) in [7, 11) is 0. The first-order valence-electron chi connectivity index (χ1n) is 4.62. The molecule has 0 spiro atoms. The van der Waals surface area contributed by atoms with Gasteiger partial charge in [-0.2, -0.15) is 0 Å². The number of aromatic nitrogens is 2. The van der Waals surface area contributed by atoms with Crippen molar-refractivity contribution in [2.75, 3.05) is 0 Å². The van der Waals surface area contributed by atoms with Gasteiger partial charge in [-0.3, -0.25) is 0 Å². The van der Waals surface area contributed by atoms with E-state index in [4.69, 9.17) is 5.73 Å². The molecular formula is C9H18ClN3S. The Hall–Kier alpha value is -0.190. The molecule has 1 aromatic heterocycles. The average molecular weight is 236 g/mol. The first kappa shape index (κ1) is 13.8. The van der Waals surface area contributed by atoms with Gasteiger partial charge in [0.2, 0.25) is 0 Å². The lowest BCUT2D eigenvalue weighted by Crippen LogP contribution is -2.24. The van der Waals surface area contributed by atoms with Crippen LogP contribution in [0.2, 0.25) is 0 Å². The lowest BCUT2D eigenvalue weighted by atomic mass is 10.0. The van der Waals surface area contributed by atoms with Gasteiger partial charge in [-0.1, -0.05) is 13.8 Å². The zero-order valence-electron chi connectivity index (χ0n) is 8.86. The van der Waals surface area contributed by atoms with Gasteiger partial charge in [0.05, 0.1) is 0 Å². The first-order valence-corrected chi connectivity index (χ1v) is 5.44. The van der Waals surface area contributed by atoms with Gasteiger partial charge in [-0.25, -0.2) is 0 Å². The molecule has 1 heterocycles. The van der Waals surface area contributed by atoms with Crippen molar-refractivity contribution < 1.29 is 0 Å². The van der Waals surface area contributed by atoms with Gasteiger partial charge in [-0.15, -0.1) is 33.9 Å². The van der Waals surface area contributed by atoms with E-state index in [1.54, 1.807) is 11.3 Å². The number of hydrogen-bond acceptors (Lipinski definition) is 4. The summed E-state index contributed by atoms with van der Waals surface area (Å²) < 4.78 is 0. The van der Waals surface area contributed by atoms with Gasteiger partial charge in [0.25, 0.3) is 0 Å². The van der Waals surface area contributed by atoms with Crippen LogP contribution in [-0.2, 0) is 6.42 Å². The monoisotopic (exact) mass is 235 g/mol. The van der Waals surface area contributed by atoms with Crippen LogP contribution in [0.5, 0.6) is 0 Å². The third kappa shape index (κ3) is 4.88. The standard InChI is InChI=1S/C9H17N3S.ClH/c1-6(2)4-8(10)5-9-12-11-7(3)13-9;/h6,8H,4-5,10H2,1-3H3;1H/t8-;/m0./s1. The van der Waals surface area contributed by atoms with Crippen molar-refractivity contribution in [3.8, 4) is 0 Å². The molecule has 1 atom stereocenters. The van der Waals surface area contributed by atoms with Crippen molar-refractivity contribution in [1.82, 2.24) is 10.2 Å². The van der Waals surface area contributed by atoms with Crippen LogP contribution >= 0.6 is 23.7 Å². The lowest BCUT2D eigenvalue weighted by Gasteiger charge is -2.11. The molecule has 0 unspecified atom stereocenters. The van der Waals surface area contributed by atoms with E-state index in [0.29, 0.717) is 5.92 Å². The Morgan fingerprint density at radius 2 is 2.00 bits per heavy atom. The van der Waals surface area contributed by atoms with Crippen LogP contribution in [0.1, 0.15) is 30.3 Å². The van der Waals surface area contributed by atoms with Crippen LogP contribution in [0.25, 0.3) is 0 Å². The van der Waals surface area contributed by atoms with Crippen molar-refractivity contribution >= 4 is 23.7 Å². The van der Waals surface area contributed by atoms with E-state index >= 15 is 0 Å². The molecule has 0 amide bonds. The second kappa shape index (κ2) is 6.32. The maximum atomic E-state index is 5.95. The second-order valence-electron chi connectivity index (χ2n) is 3.81. The average Bonchev–Trinajstić information content (AvgIpc) is 2.33. The number of rotatable bonds is 4. The van der Waals surface area contributed by atoms with E-state index in [1.807, 2.05) is 6.92 Å². The molecule has 14 heavy (non-hydrogen) atoms. The van der Waals surface area contributed by atoms with E-state index < -0.39 is 0 Å². The molecule has 0 saturated heterocycles. The summed E-state index contributed by atoms with van der Waals surface area (Å²) in [5, 5.41) is 10.1. The second-order valence-corrected chi connectivity index (χ2v) is 5.07. The van der Waals surface area contributed by atoms with E-state index in [9.17, 15) is 0 Å². The Labute approximate surface area is 95.5 Å². The van der Waals surface area contributed by atoms with E-state index in [1.165, 1.54) is 0 Å². The minimum Gasteiger partial charge on any atom is -0.327 e. The highest BCUT2D eigenvalue weighted by Crippen LogP contribution is 2.12. The molecule has 0 saturated carbocycles. The molecule has 2 N–H and O–H groups in total. The summed E-state index contributed by atoms with van der Waals surface area (Å²) in [6.45, 7) is 6.34. The maximum Gasteiger partial charge on any atom is 0.118 e. The fraction of sp³-hybridized carbons (Fsp3) is 0.778. The molecule has 1 aromatic rings. The van der Waals surface area contributed by atoms with Gasteiger partial charge in [0, 0.05) is 12.5 Å². The van der Waals surface area contributed by atoms with Crippen molar-refractivity contribution in [1.29, 1.82) is 0 Å². The van der Waals surface area contributed by atoms with Crippen molar-refractivity contribution in [3.05, 3.63) is 10.0 Å². The number of nitrogens with two attached hydrogens (primary N) is 1. The number of hydrogen-bond donors (Lipinski definition) is 1. The highest BCUT2D eigenvalue weighted by molar-refractivity contribution is 7.11. The van der Waals surface area contributed by atoms with Crippen LogP contribution < -0.4 is 5.73 Å². The van der Waals surface area contributed by atoms with Gasteiger partial charge in [0.15, 0.2) is 0 Å². The van der Waals surface area contributed by atoms with E-state index in [-0.39, 0.29) is 18.4 Å². The predicted molar refractivity (Wildman–Crippen MR) is 63.0 cm³/mol. The Morgan fingerprint density at radius 1 is 1.36 bits per heavy atom. The molecule has 0 aromatic carbocycles. The van der Waals surface area contributed by atoms with Gasteiger partial charge < -0.3 is 5.73 Å². The zero-order valence-corrected chi connectivity index (χ0v) is 10.5. The molecule has 1 rings (SSSR count). The number of nitrogens with zero attached hydrogens (tertiary/aromatic N) is 2. The molecule has 0 aliphatic heterocycles. The molecule has 3 nitrogen and oxygen atoms in total. The molecule has 0 aliphatic rings. The van der Waals surface area contributed by atoms with Crippen LogP contribution in [0.3, 0.4) is 0 Å². The minimum atomic E-state index is 0. The summed E-state index contributed by atoms with van der Waals surface area (Å²) in [5.41, 5.74) is 5.95. The summed E-state index contributed by atoms with van der Waals surface area (Å²) in [6, 6.07) is 0.229. The van der Waals surface area contributed by atoms with Crippen LogP contribution in [0.15, 0.2) is 0 Å². The summed E-state index contributed by atoms with van der Waals surface area (Å²) >= 11 is 1.64. The SMILES string of the molecule is Cc1nnc(C[C@@H](N)CC(C)C)s1.Cl. The molecule has 0 radical (unpaired) electrons. The lowest BCUT2D eigenvalue weighted by molar-refractivity contribution is 0.492. The Morgan fingerprint density at radius 3 is 2.43 bits per heavy atom. The molecule has 82 valence electrons. The number of halogens is 1. The predicted octanol–water partition coefficient (Wildman–Crippen LogP) is 2.18. The topological polar surface area (TPSA) is 51.8 Å². The first-order chi connectivity index (χ1) is 6.08. The van der Waals surface area contributed by atoms with Crippen LogP contribution in [-0.4, -0.2) is 16.2 Å². The summed E-state index contributed by atoms with van der Waals surface area (Å²) in [5.74, 6) is 0.656. The van der Waals surface area contributed by atoms with Crippen molar-refractivity contribution in [3.63, 3.8) is 0 Å². The Balaban J connectivity index is 0.00000169. The fourth-order valence-corrected chi connectivity index (χ4v) is 2.13. The highest BCUT2D eigenvalue weighted by atomic mass is 35.5. The molecule has 0 aliphatic carbocycles. The zero-order chi connectivity index (χ0) is 9.84. The van der Waals surface area contributed by atoms with Crippen LogP contribution in [0.4, 0.5) is 0 Å². The van der Waals surface area contributed by atoms with Crippen LogP contribution in [0, 0.1) is 12.8 Å². The molecule has 0 bridgehead atoms. The van der Waals surface area contributed by atoms with Gasteiger partial charge in [0.1, 0.15) is 10.0 Å². The third-order valence-corrected chi connectivity index (χ3v) is 2.64. The smallest absolute Gasteiger partial charge is 0.118 e. The van der Waals surface area contributed by atoms with Gasteiger partial charge in [-0.05, 0) is 19.3 Å². The quantitative estimate of drug-likeness (QED) is 0.871. The normalized spacial score (nSPS) is 12.6. The van der Waals surface area contributed by atoms with E-state index in [0.717, 1.165) is 22.9 Å². The summed E-state index contributed by atoms with van der Waals surface area (Å²) in [6.07, 6.45) is 1.92. The Kier molecular flexibility index (Phi) is 6.24. The van der Waals surface area contributed by atoms with E-state index in [2.05, 4.69) is 24.0 Å². The fourth-order valence-electron chi connectivity index (χ4n) is 1.33. The van der Waals surface area contributed by atoms with Gasteiger partial charge >= 0.3 is 0 Å². The minimum absolute atomic E-state index is 0. The highest BCUT2D eigenvalue weighted by Gasteiger charge is 2.09. The maximum absolute atomic E-state index is 5.95. The van der Waals surface area contributed by atoms with Crippen molar-refractivity contribution in [2.45, 2.75) is 39.7 Å². The molecular weight excluding hydrogens is 218 g/mol. The number of aryl methyl sites for hydroxylation is 1.